The number of carbonyl (C=O) groups is 1. The molecular weight excluding hydrogens is 182 g/mol. The van der Waals surface area contributed by atoms with Gasteiger partial charge in [-0.15, -0.1) is 0 Å². The fourth-order valence-corrected chi connectivity index (χ4v) is 1.75. The van der Waals surface area contributed by atoms with Crippen LogP contribution in [-0.4, -0.2) is 68.3 Å². The quantitative estimate of drug-likeness (QED) is 0.519. The number of hydrogen-bond acceptors (Lipinski definition) is 2. The first-order chi connectivity index (χ1) is 6.88. The van der Waals surface area contributed by atoms with Gasteiger partial charge in [0.1, 0.15) is 0 Å². The molecule has 0 aliphatic carbocycles. The second-order valence-electron chi connectivity index (χ2n) is 3.54. The summed E-state index contributed by atoms with van der Waals surface area (Å²) in [5, 5.41) is 4.22. The van der Waals surface area contributed by atoms with Crippen LogP contribution in [0.4, 0.5) is 4.79 Å². The van der Waals surface area contributed by atoms with E-state index >= 15 is 0 Å². The van der Waals surface area contributed by atoms with E-state index in [4.69, 9.17) is 4.74 Å². The predicted octanol–water partition coefficient (Wildman–Crippen LogP) is -0.641. The van der Waals surface area contributed by atoms with Gasteiger partial charge in [0.15, 0.2) is 0 Å². The van der Waals surface area contributed by atoms with E-state index in [0.717, 1.165) is 39.3 Å². The molecule has 2 rings (SSSR count). The van der Waals surface area contributed by atoms with Gasteiger partial charge in [-0.1, -0.05) is 0 Å². The van der Waals surface area contributed by atoms with Gasteiger partial charge in [0, 0.05) is 39.3 Å². The molecule has 0 saturated carbocycles. The van der Waals surface area contributed by atoms with Crippen LogP contribution >= 0.6 is 0 Å². The lowest BCUT2D eigenvalue weighted by molar-refractivity contribution is 0.0422. The topological polar surface area (TPSA) is 46.9 Å². The molecule has 5 heteroatoms. The van der Waals surface area contributed by atoms with E-state index in [9.17, 15) is 4.79 Å². The first-order valence-electron chi connectivity index (χ1n) is 5.13. The number of ether oxygens (including phenoxy) is 1. The molecule has 14 heavy (non-hydrogen) atoms. The predicted molar refractivity (Wildman–Crippen MR) is 51.2 cm³/mol. The van der Waals surface area contributed by atoms with Crippen LogP contribution in [-0.2, 0) is 4.74 Å². The van der Waals surface area contributed by atoms with Gasteiger partial charge in [-0.25, -0.2) is 10.1 Å². The summed E-state index contributed by atoms with van der Waals surface area (Å²) in [4.78, 5) is 15.7. The first kappa shape index (κ1) is 9.73. The lowest BCUT2D eigenvalue weighted by atomic mass is 10.3. The molecule has 0 bridgehead atoms. The SMILES string of the molecule is O=C(N1CC[N]CC1)N1CCOCC1. The minimum Gasteiger partial charge on any atom is -0.378 e. The van der Waals surface area contributed by atoms with Crippen LogP contribution in [0.25, 0.3) is 0 Å². The smallest absolute Gasteiger partial charge is 0.320 e. The molecule has 0 aromatic carbocycles. The molecule has 0 unspecified atom stereocenters. The Balaban J connectivity index is 1.85. The van der Waals surface area contributed by atoms with Crippen LogP contribution in [0, 0.1) is 0 Å². The van der Waals surface area contributed by atoms with Crippen LogP contribution < -0.4 is 5.32 Å². The molecule has 0 N–H and O–H groups in total. The second-order valence-corrected chi connectivity index (χ2v) is 3.54. The van der Waals surface area contributed by atoms with Crippen LogP contribution in [0.2, 0.25) is 0 Å². The third kappa shape index (κ3) is 2.16. The number of hydrogen-bond donors (Lipinski definition) is 0. The zero-order valence-electron chi connectivity index (χ0n) is 8.31. The van der Waals surface area contributed by atoms with Gasteiger partial charge in [-0.2, -0.15) is 0 Å². The highest BCUT2D eigenvalue weighted by Crippen LogP contribution is 2.04. The summed E-state index contributed by atoms with van der Waals surface area (Å²) in [6, 6.07) is 0.156. The maximum Gasteiger partial charge on any atom is 0.320 e. The summed E-state index contributed by atoms with van der Waals surface area (Å²) < 4.78 is 5.21. The highest BCUT2D eigenvalue weighted by Gasteiger charge is 2.23. The zero-order valence-corrected chi connectivity index (χ0v) is 8.31. The fraction of sp³-hybridized carbons (Fsp3) is 0.889. The van der Waals surface area contributed by atoms with Crippen molar-refractivity contribution in [3.05, 3.63) is 0 Å². The maximum atomic E-state index is 11.9. The average Bonchev–Trinajstić information content (AvgIpc) is 2.30. The lowest BCUT2D eigenvalue weighted by Gasteiger charge is -2.34. The number of rotatable bonds is 0. The van der Waals surface area contributed by atoms with Crippen molar-refractivity contribution in [2.75, 3.05) is 52.5 Å². The van der Waals surface area contributed by atoms with E-state index in [0.29, 0.717) is 13.2 Å². The van der Waals surface area contributed by atoms with Gasteiger partial charge >= 0.3 is 6.03 Å². The molecule has 1 radical (unpaired) electrons. The van der Waals surface area contributed by atoms with Crippen LogP contribution in [0.1, 0.15) is 0 Å². The normalized spacial score (nSPS) is 23.7. The summed E-state index contributed by atoms with van der Waals surface area (Å²) >= 11 is 0. The van der Waals surface area contributed by atoms with Crippen molar-refractivity contribution >= 4 is 6.03 Å². The Labute approximate surface area is 84.0 Å². The minimum absolute atomic E-state index is 0.156. The molecule has 2 saturated heterocycles. The third-order valence-electron chi connectivity index (χ3n) is 2.61. The first-order valence-corrected chi connectivity index (χ1v) is 5.13. The summed E-state index contributed by atoms with van der Waals surface area (Å²) in [5.74, 6) is 0. The molecule has 0 aromatic rings. The monoisotopic (exact) mass is 198 g/mol. The summed E-state index contributed by atoms with van der Waals surface area (Å²) in [6.45, 7) is 5.92. The van der Waals surface area contributed by atoms with E-state index < -0.39 is 0 Å². The summed E-state index contributed by atoms with van der Waals surface area (Å²) in [6.07, 6.45) is 0. The Morgan fingerprint density at radius 1 is 1.00 bits per heavy atom. The summed E-state index contributed by atoms with van der Waals surface area (Å²) in [7, 11) is 0. The molecule has 79 valence electrons. The van der Waals surface area contributed by atoms with Crippen molar-refractivity contribution in [2.45, 2.75) is 0 Å². The van der Waals surface area contributed by atoms with E-state index in [2.05, 4.69) is 5.32 Å². The fourth-order valence-electron chi connectivity index (χ4n) is 1.75. The zero-order chi connectivity index (χ0) is 9.80. The van der Waals surface area contributed by atoms with E-state index in [1.165, 1.54) is 0 Å². The Bertz CT molecular complexity index is 178. The van der Waals surface area contributed by atoms with Crippen molar-refractivity contribution in [1.29, 1.82) is 0 Å². The summed E-state index contributed by atoms with van der Waals surface area (Å²) in [5.41, 5.74) is 0. The highest BCUT2D eigenvalue weighted by molar-refractivity contribution is 5.74. The van der Waals surface area contributed by atoms with Crippen molar-refractivity contribution in [3.63, 3.8) is 0 Å². The molecule has 2 aliphatic rings. The Morgan fingerprint density at radius 2 is 1.57 bits per heavy atom. The Morgan fingerprint density at radius 3 is 2.21 bits per heavy atom. The van der Waals surface area contributed by atoms with Crippen molar-refractivity contribution in [1.82, 2.24) is 15.1 Å². The second kappa shape index (κ2) is 4.61. The minimum atomic E-state index is 0.156. The van der Waals surface area contributed by atoms with Gasteiger partial charge in [0.05, 0.1) is 13.2 Å². The number of piperazine rings is 1. The average molecular weight is 198 g/mol. The number of nitrogens with zero attached hydrogens (tertiary/aromatic N) is 3. The van der Waals surface area contributed by atoms with Crippen molar-refractivity contribution in [3.8, 4) is 0 Å². The Hall–Kier alpha value is -0.810. The standard InChI is InChI=1S/C9H16N3O2/c13-9(11-3-1-10-2-4-11)12-5-7-14-8-6-12/h1-8H2. The van der Waals surface area contributed by atoms with Gasteiger partial charge < -0.3 is 14.5 Å². The van der Waals surface area contributed by atoms with E-state index in [1.54, 1.807) is 0 Å². The van der Waals surface area contributed by atoms with Gasteiger partial charge in [0.2, 0.25) is 0 Å². The molecule has 0 atom stereocenters. The molecule has 2 amide bonds. The van der Waals surface area contributed by atoms with Gasteiger partial charge in [0.25, 0.3) is 0 Å². The molecule has 2 heterocycles. The molecular formula is C9H16N3O2. The van der Waals surface area contributed by atoms with Gasteiger partial charge in [-0.3, -0.25) is 0 Å². The maximum absolute atomic E-state index is 11.9. The molecule has 0 spiro atoms. The molecule has 0 aromatic heterocycles. The van der Waals surface area contributed by atoms with Crippen LogP contribution in [0.5, 0.6) is 0 Å². The van der Waals surface area contributed by atoms with Crippen molar-refractivity contribution < 1.29 is 9.53 Å². The number of carbonyl (C=O) groups excluding carboxylic acids is 1. The number of amides is 2. The van der Waals surface area contributed by atoms with Crippen molar-refractivity contribution in [2.24, 2.45) is 0 Å². The van der Waals surface area contributed by atoms with E-state index in [1.807, 2.05) is 9.80 Å². The van der Waals surface area contributed by atoms with Crippen LogP contribution in [0.3, 0.4) is 0 Å². The van der Waals surface area contributed by atoms with Crippen LogP contribution in [0.15, 0.2) is 0 Å². The Kier molecular flexibility index (Phi) is 3.21. The van der Waals surface area contributed by atoms with Gasteiger partial charge in [-0.05, 0) is 0 Å². The third-order valence-corrected chi connectivity index (χ3v) is 2.61. The molecule has 5 nitrogen and oxygen atoms in total. The number of morpholine rings is 1. The molecule has 2 aliphatic heterocycles. The lowest BCUT2D eigenvalue weighted by Crippen LogP contribution is -2.52. The van der Waals surface area contributed by atoms with E-state index in [-0.39, 0.29) is 6.03 Å². The number of urea groups is 1. The largest absolute Gasteiger partial charge is 0.378 e. The molecule has 2 fully saturated rings. The highest BCUT2D eigenvalue weighted by atomic mass is 16.5.